The summed E-state index contributed by atoms with van der Waals surface area (Å²) >= 11 is 0. The molecule has 0 aliphatic heterocycles. The number of fused-ring (bicyclic) bond motifs is 1. The van der Waals surface area contributed by atoms with Crippen molar-refractivity contribution in [3.63, 3.8) is 0 Å². The minimum absolute atomic E-state index is 0.188. The molecule has 124 valence electrons. The third-order valence-electron chi connectivity index (χ3n) is 4.02. The number of likely N-dealkylation sites (N-methyl/N-ethyl adjacent to an activating group) is 1. The average molecular weight is 324 g/mol. The van der Waals surface area contributed by atoms with E-state index in [9.17, 15) is 4.79 Å². The van der Waals surface area contributed by atoms with Crippen LogP contribution >= 0.6 is 0 Å². The molecule has 2 aromatic heterocycles. The second kappa shape index (κ2) is 6.76. The van der Waals surface area contributed by atoms with Crippen molar-refractivity contribution in [1.82, 2.24) is 30.6 Å². The number of carbonyl (C=O) groups is 1. The van der Waals surface area contributed by atoms with Gasteiger partial charge in [-0.05, 0) is 45.2 Å². The Morgan fingerprint density at radius 2 is 2.12 bits per heavy atom. The van der Waals surface area contributed by atoms with Gasteiger partial charge in [-0.1, -0.05) is 11.3 Å². The Morgan fingerprint density at radius 1 is 1.29 bits per heavy atom. The molecule has 0 aliphatic rings. The van der Waals surface area contributed by atoms with Crippen LogP contribution in [0, 0.1) is 6.92 Å². The topological polar surface area (TPSA) is 84.7 Å². The van der Waals surface area contributed by atoms with Crippen LogP contribution in [0.5, 0.6) is 0 Å². The van der Waals surface area contributed by atoms with Crippen molar-refractivity contribution >= 4 is 16.8 Å². The van der Waals surface area contributed by atoms with E-state index in [1.807, 2.05) is 51.2 Å². The molecule has 3 rings (SSSR count). The second-order valence-electron chi connectivity index (χ2n) is 5.68. The molecule has 0 fully saturated rings. The van der Waals surface area contributed by atoms with Gasteiger partial charge in [-0.3, -0.25) is 9.78 Å². The summed E-state index contributed by atoms with van der Waals surface area (Å²) in [6.45, 7) is 4.36. The van der Waals surface area contributed by atoms with Crippen LogP contribution in [-0.4, -0.2) is 45.5 Å². The molecule has 1 atom stereocenters. The lowest BCUT2D eigenvalue weighted by atomic mass is 10.2. The Balaban J connectivity index is 1.93. The molecule has 1 amide bonds. The Labute approximate surface area is 140 Å². The molecule has 0 aliphatic carbocycles. The van der Waals surface area contributed by atoms with Crippen molar-refractivity contribution in [2.75, 3.05) is 13.6 Å². The maximum absolute atomic E-state index is 12.3. The first kappa shape index (κ1) is 16.1. The first-order valence-corrected chi connectivity index (χ1v) is 7.83. The Hall–Kier alpha value is -2.80. The fourth-order valence-electron chi connectivity index (χ4n) is 2.47. The normalized spacial score (nSPS) is 12.3. The van der Waals surface area contributed by atoms with Gasteiger partial charge in [0.25, 0.3) is 5.91 Å². The summed E-state index contributed by atoms with van der Waals surface area (Å²) in [6, 6.07) is 9.85. The van der Waals surface area contributed by atoms with Crippen molar-refractivity contribution < 1.29 is 4.79 Å². The maximum Gasteiger partial charge on any atom is 0.273 e. The fraction of sp³-hybridized carbons (Fsp3) is 0.294. The number of aromatic nitrogens is 4. The summed E-state index contributed by atoms with van der Waals surface area (Å²) in [5.41, 5.74) is 2.76. The summed E-state index contributed by atoms with van der Waals surface area (Å²) < 4.78 is 1.68. The van der Waals surface area contributed by atoms with Gasteiger partial charge < -0.3 is 10.6 Å². The molecule has 0 bridgehead atoms. The monoisotopic (exact) mass is 324 g/mol. The van der Waals surface area contributed by atoms with Crippen molar-refractivity contribution in [3.05, 3.63) is 47.9 Å². The average Bonchev–Trinajstić information content (AvgIpc) is 3.00. The lowest BCUT2D eigenvalue weighted by Crippen LogP contribution is -2.37. The van der Waals surface area contributed by atoms with Gasteiger partial charge in [0.2, 0.25) is 0 Å². The van der Waals surface area contributed by atoms with Crippen LogP contribution in [0.1, 0.15) is 23.1 Å². The van der Waals surface area contributed by atoms with Gasteiger partial charge in [-0.15, -0.1) is 5.10 Å². The first-order chi connectivity index (χ1) is 11.6. The van der Waals surface area contributed by atoms with Crippen molar-refractivity contribution in [1.29, 1.82) is 0 Å². The van der Waals surface area contributed by atoms with E-state index in [0.29, 0.717) is 17.9 Å². The fourth-order valence-corrected chi connectivity index (χ4v) is 2.47. The third-order valence-corrected chi connectivity index (χ3v) is 4.02. The van der Waals surface area contributed by atoms with Crippen LogP contribution in [0.2, 0.25) is 0 Å². The smallest absolute Gasteiger partial charge is 0.273 e. The van der Waals surface area contributed by atoms with Gasteiger partial charge in [-0.2, -0.15) is 0 Å². The maximum atomic E-state index is 12.3. The van der Waals surface area contributed by atoms with E-state index >= 15 is 0 Å². The minimum Gasteiger partial charge on any atom is -0.349 e. The molecule has 2 N–H and O–H groups in total. The molecule has 7 nitrogen and oxygen atoms in total. The van der Waals surface area contributed by atoms with E-state index in [1.165, 1.54) is 0 Å². The molecular formula is C17H20N6O. The largest absolute Gasteiger partial charge is 0.349 e. The number of benzene rings is 1. The highest BCUT2D eigenvalue weighted by Crippen LogP contribution is 2.21. The summed E-state index contributed by atoms with van der Waals surface area (Å²) in [7, 11) is 1.85. The number of amides is 1. The molecule has 24 heavy (non-hydrogen) atoms. The number of rotatable bonds is 5. The van der Waals surface area contributed by atoms with Crippen LogP contribution in [0.3, 0.4) is 0 Å². The van der Waals surface area contributed by atoms with Gasteiger partial charge in [0.05, 0.1) is 16.9 Å². The van der Waals surface area contributed by atoms with E-state index in [2.05, 4.69) is 25.9 Å². The zero-order valence-corrected chi connectivity index (χ0v) is 13.9. The molecule has 7 heteroatoms. The van der Waals surface area contributed by atoms with Gasteiger partial charge in [0.1, 0.15) is 0 Å². The van der Waals surface area contributed by atoms with E-state index in [-0.39, 0.29) is 11.9 Å². The lowest BCUT2D eigenvalue weighted by molar-refractivity contribution is 0.0945. The highest BCUT2D eigenvalue weighted by molar-refractivity contribution is 5.94. The number of nitrogens with one attached hydrogen (secondary N) is 2. The molecule has 2 heterocycles. The highest BCUT2D eigenvalue weighted by Gasteiger charge is 2.18. The predicted octanol–water partition coefficient (Wildman–Crippen LogP) is 1.46. The molecule has 1 unspecified atom stereocenters. The standard InChI is InChI=1S/C17H20N6O/c1-11(18-3)10-20-17(24)16-12(2)23(22-21-16)15-8-4-7-14-13(15)6-5-9-19-14/h4-9,11,18H,10H2,1-3H3,(H,20,24). The molecular weight excluding hydrogens is 304 g/mol. The van der Waals surface area contributed by atoms with Crippen molar-refractivity contribution in [2.45, 2.75) is 19.9 Å². The lowest BCUT2D eigenvalue weighted by Gasteiger charge is -2.11. The number of pyridine rings is 1. The van der Waals surface area contributed by atoms with Gasteiger partial charge in [0.15, 0.2) is 5.69 Å². The molecule has 0 radical (unpaired) electrons. The molecule has 0 spiro atoms. The van der Waals surface area contributed by atoms with Crippen molar-refractivity contribution in [2.24, 2.45) is 0 Å². The van der Waals surface area contributed by atoms with E-state index in [0.717, 1.165) is 16.6 Å². The summed E-state index contributed by atoms with van der Waals surface area (Å²) in [6.07, 6.45) is 1.75. The Morgan fingerprint density at radius 3 is 2.92 bits per heavy atom. The van der Waals surface area contributed by atoms with Gasteiger partial charge in [-0.25, -0.2) is 4.68 Å². The van der Waals surface area contributed by atoms with Crippen LogP contribution in [0.4, 0.5) is 0 Å². The minimum atomic E-state index is -0.223. The third kappa shape index (κ3) is 2.98. The number of hydrogen-bond donors (Lipinski definition) is 2. The zero-order chi connectivity index (χ0) is 17.1. The quantitative estimate of drug-likeness (QED) is 0.742. The Kier molecular flexibility index (Phi) is 4.52. The van der Waals surface area contributed by atoms with Gasteiger partial charge >= 0.3 is 0 Å². The second-order valence-corrected chi connectivity index (χ2v) is 5.68. The van der Waals surface area contributed by atoms with Crippen LogP contribution in [0.15, 0.2) is 36.5 Å². The predicted molar refractivity (Wildman–Crippen MR) is 92.3 cm³/mol. The van der Waals surface area contributed by atoms with E-state index in [4.69, 9.17) is 0 Å². The molecule has 3 aromatic rings. The van der Waals surface area contributed by atoms with E-state index < -0.39 is 0 Å². The Bertz CT molecular complexity index is 867. The van der Waals surface area contributed by atoms with Gasteiger partial charge in [0, 0.05) is 24.2 Å². The van der Waals surface area contributed by atoms with E-state index in [1.54, 1.807) is 10.9 Å². The van der Waals surface area contributed by atoms with Crippen molar-refractivity contribution in [3.8, 4) is 5.69 Å². The first-order valence-electron chi connectivity index (χ1n) is 7.83. The molecule has 0 saturated carbocycles. The summed E-state index contributed by atoms with van der Waals surface area (Å²) in [4.78, 5) is 16.7. The number of carbonyl (C=O) groups excluding carboxylic acids is 1. The highest BCUT2D eigenvalue weighted by atomic mass is 16.2. The number of hydrogen-bond acceptors (Lipinski definition) is 5. The van der Waals surface area contributed by atoms with Crippen LogP contribution < -0.4 is 10.6 Å². The van der Waals surface area contributed by atoms with Crippen LogP contribution in [0.25, 0.3) is 16.6 Å². The number of nitrogens with zero attached hydrogens (tertiary/aromatic N) is 4. The summed E-state index contributed by atoms with van der Waals surface area (Å²) in [5.74, 6) is -0.223. The molecule has 1 aromatic carbocycles. The summed E-state index contributed by atoms with van der Waals surface area (Å²) in [5, 5.41) is 15.1. The van der Waals surface area contributed by atoms with Crippen LogP contribution in [-0.2, 0) is 0 Å². The SMILES string of the molecule is CNC(C)CNC(=O)c1nnn(-c2cccc3ncccc23)c1C. The zero-order valence-electron chi connectivity index (χ0n) is 13.9. The molecule has 0 saturated heterocycles.